The second-order valence-electron chi connectivity index (χ2n) is 6.15. The summed E-state index contributed by atoms with van der Waals surface area (Å²) in [5.74, 6) is 0.515. The molecule has 2 rings (SSSR count). The number of hydrogen-bond donors (Lipinski definition) is 1. The molecule has 1 N–H and O–H groups in total. The van der Waals surface area contributed by atoms with Gasteiger partial charge in [0.1, 0.15) is 18.2 Å². The van der Waals surface area contributed by atoms with Gasteiger partial charge in [-0.25, -0.2) is 4.39 Å². The highest BCUT2D eigenvalue weighted by atomic mass is 19.1. The Bertz CT molecular complexity index is 683. The van der Waals surface area contributed by atoms with Crippen LogP contribution in [-0.4, -0.2) is 18.6 Å². The summed E-state index contributed by atoms with van der Waals surface area (Å²) >= 11 is 0. The molecule has 2 aromatic rings. The van der Waals surface area contributed by atoms with Gasteiger partial charge in [0.2, 0.25) is 5.91 Å². The predicted molar refractivity (Wildman–Crippen MR) is 93.7 cm³/mol. The maximum atomic E-state index is 12.8. The van der Waals surface area contributed by atoms with E-state index in [-0.39, 0.29) is 17.8 Å². The number of carbonyl (C=O) groups is 1. The molecule has 24 heavy (non-hydrogen) atoms. The number of ether oxygens (including phenoxy) is 1. The van der Waals surface area contributed by atoms with Crippen molar-refractivity contribution in [3.8, 4) is 5.75 Å². The molecule has 0 aromatic heterocycles. The van der Waals surface area contributed by atoms with Gasteiger partial charge in [-0.05, 0) is 68.1 Å². The molecule has 0 heterocycles. The van der Waals surface area contributed by atoms with E-state index in [1.54, 1.807) is 12.1 Å². The average Bonchev–Trinajstić information content (AvgIpc) is 2.55. The molecule has 4 heteroatoms. The number of amides is 1. The van der Waals surface area contributed by atoms with E-state index in [0.29, 0.717) is 19.4 Å². The van der Waals surface area contributed by atoms with Crippen molar-refractivity contribution < 1.29 is 13.9 Å². The highest BCUT2D eigenvalue weighted by molar-refractivity contribution is 5.76. The van der Waals surface area contributed by atoms with Crippen molar-refractivity contribution in [1.82, 2.24) is 5.32 Å². The van der Waals surface area contributed by atoms with Crippen LogP contribution in [0.25, 0.3) is 0 Å². The Labute approximate surface area is 142 Å². The van der Waals surface area contributed by atoms with Crippen LogP contribution in [0.2, 0.25) is 0 Å². The number of hydrogen-bond acceptors (Lipinski definition) is 2. The Morgan fingerprint density at radius 1 is 1.12 bits per heavy atom. The smallest absolute Gasteiger partial charge is 0.220 e. The molecule has 0 saturated carbocycles. The van der Waals surface area contributed by atoms with Crippen molar-refractivity contribution in [3.63, 3.8) is 0 Å². The fraction of sp³-hybridized carbons (Fsp3) is 0.350. The SMILES string of the molecule is Cc1ccc(OC[C@H](C)NC(=O)CCc2ccc(F)cc2)cc1C. The first kappa shape index (κ1) is 18.0. The van der Waals surface area contributed by atoms with Crippen molar-refractivity contribution in [2.45, 2.75) is 39.7 Å². The Balaban J connectivity index is 1.72. The van der Waals surface area contributed by atoms with Gasteiger partial charge in [0.15, 0.2) is 0 Å². The molecule has 0 aliphatic rings. The second kappa shape index (κ2) is 8.48. The molecular formula is C20H24FNO2. The summed E-state index contributed by atoms with van der Waals surface area (Å²) in [6.07, 6.45) is 0.969. The van der Waals surface area contributed by atoms with Crippen LogP contribution in [0, 0.1) is 19.7 Å². The quantitative estimate of drug-likeness (QED) is 0.835. The van der Waals surface area contributed by atoms with Crippen molar-refractivity contribution >= 4 is 5.91 Å². The number of carbonyl (C=O) groups excluding carboxylic acids is 1. The van der Waals surface area contributed by atoms with E-state index < -0.39 is 0 Å². The topological polar surface area (TPSA) is 38.3 Å². The fourth-order valence-corrected chi connectivity index (χ4v) is 2.32. The molecule has 0 aliphatic carbocycles. The van der Waals surface area contributed by atoms with Crippen LogP contribution in [0.1, 0.15) is 30.0 Å². The van der Waals surface area contributed by atoms with E-state index in [4.69, 9.17) is 4.74 Å². The third-order valence-corrected chi connectivity index (χ3v) is 3.94. The monoisotopic (exact) mass is 329 g/mol. The van der Waals surface area contributed by atoms with Crippen molar-refractivity contribution in [2.75, 3.05) is 6.61 Å². The number of nitrogens with one attached hydrogen (secondary N) is 1. The third-order valence-electron chi connectivity index (χ3n) is 3.94. The Kier molecular flexibility index (Phi) is 6.36. The van der Waals surface area contributed by atoms with Gasteiger partial charge in [-0.1, -0.05) is 18.2 Å². The highest BCUT2D eigenvalue weighted by Gasteiger charge is 2.09. The second-order valence-corrected chi connectivity index (χ2v) is 6.15. The third kappa shape index (κ3) is 5.69. The summed E-state index contributed by atoms with van der Waals surface area (Å²) in [6.45, 7) is 6.44. The predicted octanol–water partition coefficient (Wildman–Crippen LogP) is 3.96. The lowest BCUT2D eigenvalue weighted by Crippen LogP contribution is -2.36. The summed E-state index contributed by atoms with van der Waals surface area (Å²) in [6, 6.07) is 12.1. The van der Waals surface area contributed by atoms with Crippen LogP contribution in [-0.2, 0) is 11.2 Å². The van der Waals surface area contributed by atoms with Crippen LogP contribution >= 0.6 is 0 Å². The molecule has 0 bridgehead atoms. The zero-order valence-corrected chi connectivity index (χ0v) is 14.4. The summed E-state index contributed by atoms with van der Waals surface area (Å²) in [5.41, 5.74) is 3.36. The van der Waals surface area contributed by atoms with Gasteiger partial charge in [0.25, 0.3) is 0 Å². The van der Waals surface area contributed by atoms with E-state index in [1.165, 1.54) is 23.3 Å². The molecule has 1 atom stereocenters. The van der Waals surface area contributed by atoms with Crippen LogP contribution in [0.4, 0.5) is 4.39 Å². The summed E-state index contributed by atoms with van der Waals surface area (Å²) in [7, 11) is 0. The summed E-state index contributed by atoms with van der Waals surface area (Å²) in [5, 5.41) is 2.92. The maximum absolute atomic E-state index is 12.8. The first-order valence-electron chi connectivity index (χ1n) is 8.18. The van der Waals surface area contributed by atoms with Gasteiger partial charge in [-0.15, -0.1) is 0 Å². The minimum Gasteiger partial charge on any atom is -0.491 e. The molecule has 0 unspecified atom stereocenters. The van der Waals surface area contributed by atoms with Gasteiger partial charge < -0.3 is 10.1 Å². The van der Waals surface area contributed by atoms with Crippen molar-refractivity contribution in [1.29, 1.82) is 0 Å². The number of benzene rings is 2. The lowest BCUT2D eigenvalue weighted by molar-refractivity contribution is -0.121. The Morgan fingerprint density at radius 3 is 2.50 bits per heavy atom. The molecular weight excluding hydrogens is 305 g/mol. The van der Waals surface area contributed by atoms with Crippen molar-refractivity contribution in [2.24, 2.45) is 0 Å². The summed E-state index contributed by atoms with van der Waals surface area (Å²) < 4.78 is 18.6. The molecule has 0 aliphatic heterocycles. The summed E-state index contributed by atoms with van der Waals surface area (Å²) in [4.78, 5) is 12.0. The number of halogens is 1. The Hall–Kier alpha value is -2.36. The lowest BCUT2D eigenvalue weighted by atomic mass is 10.1. The molecule has 3 nitrogen and oxygen atoms in total. The van der Waals surface area contributed by atoms with Crippen LogP contribution in [0.15, 0.2) is 42.5 Å². The van der Waals surface area contributed by atoms with Gasteiger partial charge in [-0.3, -0.25) is 4.79 Å². The van der Waals surface area contributed by atoms with Gasteiger partial charge in [0.05, 0.1) is 6.04 Å². The fourth-order valence-electron chi connectivity index (χ4n) is 2.32. The zero-order valence-electron chi connectivity index (χ0n) is 14.4. The molecule has 0 spiro atoms. The van der Waals surface area contributed by atoms with E-state index in [1.807, 2.05) is 32.0 Å². The van der Waals surface area contributed by atoms with E-state index in [0.717, 1.165) is 11.3 Å². The molecule has 0 radical (unpaired) electrons. The normalized spacial score (nSPS) is 11.8. The first-order chi connectivity index (χ1) is 11.4. The number of rotatable bonds is 7. The molecule has 0 fully saturated rings. The average molecular weight is 329 g/mol. The largest absolute Gasteiger partial charge is 0.491 e. The molecule has 2 aromatic carbocycles. The van der Waals surface area contributed by atoms with E-state index in [2.05, 4.69) is 12.2 Å². The van der Waals surface area contributed by atoms with Crippen LogP contribution in [0.5, 0.6) is 5.75 Å². The van der Waals surface area contributed by atoms with E-state index in [9.17, 15) is 9.18 Å². The zero-order chi connectivity index (χ0) is 17.5. The van der Waals surface area contributed by atoms with Gasteiger partial charge >= 0.3 is 0 Å². The standard InChI is InChI=1S/C20H24FNO2/c1-14-4-10-19(12-15(14)2)24-13-16(3)22-20(23)11-7-17-5-8-18(21)9-6-17/h4-6,8-10,12,16H,7,11,13H2,1-3H3,(H,22,23)/t16-/m0/s1. The highest BCUT2D eigenvalue weighted by Crippen LogP contribution is 2.16. The minimum atomic E-state index is -0.264. The number of aryl methyl sites for hydroxylation is 3. The molecule has 128 valence electrons. The van der Waals surface area contributed by atoms with Crippen LogP contribution < -0.4 is 10.1 Å². The van der Waals surface area contributed by atoms with Gasteiger partial charge in [0, 0.05) is 6.42 Å². The van der Waals surface area contributed by atoms with Crippen molar-refractivity contribution in [3.05, 3.63) is 65.0 Å². The minimum absolute atomic E-state index is 0.0319. The van der Waals surface area contributed by atoms with Gasteiger partial charge in [-0.2, -0.15) is 0 Å². The molecule has 0 saturated heterocycles. The first-order valence-corrected chi connectivity index (χ1v) is 8.18. The molecule has 1 amide bonds. The van der Waals surface area contributed by atoms with E-state index >= 15 is 0 Å². The van der Waals surface area contributed by atoms with Crippen LogP contribution in [0.3, 0.4) is 0 Å². The maximum Gasteiger partial charge on any atom is 0.220 e. The Morgan fingerprint density at radius 2 is 1.83 bits per heavy atom. The lowest BCUT2D eigenvalue weighted by Gasteiger charge is -2.15.